The molecule has 0 bridgehead atoms. The monoisotopic (exact) mass is 399 g/mol. The van der Waals surface area contributed by atoms with Gasteiger partial charge in [0.25, 0.3) is 0 Å². The number of aromatic nitrogens is 1. The predicted octanol–water partition coefficient (Wildman–Crippen LogP) is 4.59. The Morgan fingerprint density at radius 3 is 2.43 bits per heavy atom. The number of aromatic carboxylic acids is 1. The average molecular weight is 399 g/mol. The second-order valence-electron chi connectivity index (χ2n) is 6.13. The number of carboxylic acid groups (broad SMARTS) is 1. The summed E-state index contributed by atoms with van der Waals surface area (Å²) in [5, 5.41) is 11.1. The van der Waals surface area contributed by atoms with Gasteiger partial charge in [0.15, 0.2) is 17.2 Å². The molecule has 6 nitrogen and oxygen atoms in total. The molecule has 2 aromatic carbocycles. The van der Waals surface area contributed by atoms with E-state index in [4.69, 9.17) is 19.3 Å². The lowest BCUT2D eigenvalue weighted by molar-refractivity contribution is 0.0691. The van der Waals surface area contributed by atoms with E-state index in [1.54, 1.807) is 19.2 Å². The summed E-state index contributed by atoms with van der Waals surface area (Å²) in [4.78, 5) is 15.1. The molecule has 0 aliphatic carbocycles. The average Bonchev–Trinajstić information content (AvgIpc) is 3.17. The van der Waals surface area contributed by atoms with Gasteiger partial charge in [-0.2, -0.15) is 0 Å². The number of carboxylic acids is 1. The second-order valence-corrected chi connectivity index (χ2v) is 6.98. The lowest BCUT2D eigenvalue weighted by Crippen LogP contribution is -2.10. The molecule has 1 aromatic heterocycles. The molecular weight excluding hydrogens is 378 g/mol. The molecule has 0 saturated heterocycles. The van der Waals surface area contributed by atoms with Crippen LogP contribution in [0.5, 0.6) is 17.2 Å². The predicted molar refractivity (Wildman–Crippen MR) is 108 cm³/mol. The summed E-state index contributed by atoms with van der Waals surface area (Å²) in [6.45, 7) is 4.80. The van der Waals surface area contributed by atoms with E-state index in [-0.39, 0.29) is 5.69 Å². The fourth-order valence-electron chi connectivity index (χ4n) is 2.75. The van der Waals surface area contributed by atoms with Crippen molar-refractivity contribution in [2.45, 2.75) is 13.8 Å². The van der Waals surface area contributed by atoms with Gasteiger partial charge in [0.05, 0.1) is 7.11 Å². The highest BCUT2D eigenvalue weighted by Gasteiger charge is 2.13. The number of rotatable bonds is 8. The minimum atomic E-state index is -1.04. The van der Waals surface area contributed by atoms with Gasteiger partial charge in [0.1, 0.15) is 24.0 Å². The Morgan fingerprint density at radius 1 is 1.07 bits per heavy atom. The van der Waals surface area contributed by atoms with Crippen molar-refractivity contribution in [2.75, 3.05) is 20.3 Å². The van der Waals surface area contributed by atoms with Crippen LogP contribution in [0.15, 0.2) is 41.8 Å². The van der Waals surface area contributed by atoms with Gasteiger partial charge in [-0.1, -0.05) is 18.2 Å². The Balaban J connectivity index is 1.65. The molecule has 0 atom stereocenters. The third-order valence-corrected chi connectivity index (χ3v) is 5.02. The summed E-state index contributed by atoms with van der Waals surface area (Å²) in [6.07, 6.45) is 0. The Labute approximate surface area is 167 Å². The first-order chi connectivity index (χ1) is 13.5. The minimum absolute atomic E-state index is 0.0305. The maximum atomic E-state index is 11.0. The highest BCUT2D eigenvalue weighted by molar-refractivity contribution is 7.13. The number of carbonyl (C=O) groups is 1. The first-order valence-electron chi connectivity index (χ1n) is 8.68. The molecule has 28 heavy (non-hydrogen) atoms. The summed E-state index contributed by atoms with van der Waals surface area (Å²) in [5.74, 6) is 0.979. The van der Waals surface area contributed by atoms with Gasteiger partial charge in [-0.3, -0.25) is 0 Å². The third-order valence-electron chi connectivity index (χ3n) is 4.13. The molecule has 0 fully saturated rings. The van der Waals surface area contributed by atoms with E-state index < -0.39 is 5.97 Å². The highest BCUT2D eigenvalue weighted by Crippen LogP contribution is 2.34. The lowest BCUT2D eigenvalue weighted by atomic mass is 10.1. The Kier molecular flexibility index (Phi) is 6.16. The molecule has 0 spiro atoms. The molecule has 1 N–H and O–H groups in total. The lowest BCUT2D eigenvalue weighted by Gasteiger charge is -2.14. The number of aryl methyl sites for hydroxylation is 2. The van der Waals surface area contributed by atoms with Crippen molar-refractivity contribution in [3.8, 4) is 27.8 Å². The molecule has 0 unspecified atom stereocenters. The van der Waals surface area contributed by atoms with Crippen molar-refractivity contribution in [3.05, 3.63) is 58.6 Å². The normalized spacial score (nSPS) is 10.5. The van der Waals surface area contributed by atoms with E-state index in [0.717, 1.165) is 22.4 Å². The zero-order valence-electron chi connectivity index (χ0n) is 15.9. The molecule has 3 rings (SSSR count). The fraction of sp³-hybridized carbons (Fsp3) is 0.238. The number of hydrogen-bond acceptors (Lipinski definition) is 6. The second kappa shape index (κ2) is 8.75. The van der Waals surface area contributed by atoms with Crippen LogP contribution >= 0.6 is 11.3 Å². The Bertz CT molecular complexity index is 962. The molecule has 0 radical (unpaired) electrons. The topological polar surface area (TPSA) is 77.9 Å². The molecule has 3 aromatic rings. The van der Waals surface area contributed by atoms with Crippen molar-refractivity contribution in [1.29, 1.82) is 0 Å². The Morgan fingerprint density at radius 2 is 1.79 bits per heavy atom. The first-order valence-corrected chi connectivity index (χ1v) is 9.56. The van der Waals surface area contributed by atoms with Crippen LogP contribution in [0.4, 0.5) is 0 Å². The first kappa shape index (κ1) is 19.7. The zero-order chi connectivity index (χ0) is 20.1. The zero-order valence-corrected chi connectivity index (χ0v) is 16.7. The largest absolute Gasteiger partial charge is 0.493 e. The molecule has 0 aliphatic heterocycles. The van der Waals surface area contributed by atoms with Crippen molar-refractivity contribution in [3.63, 3.8) is 0 Å². The number of methoxy groups -OCH3 is 1. The van der Waals surface area contributed by atoms with E-state index in [1.165, 1.54) is 16.7 Å². The van der Waals surface area contributed by atoms with Crippen LogP contribution < -0.4 is 14.2 Å². The SMILES string of the molecule is COc1cc(-c2nc(C(=O)O)cs2)ccc1OCCOc1c(C)cccc1C. The quantitative estimate of drug-likeness (QED) is 0.558. The number of benzene rings is 2. The highest BCUT2D eigenvalue weighted by atomic mass is 32.1. The van der Waals surface area contributed by atoms with Crippen LogP contribution in [0.2, 0.25) is 0 Å². The van der Waals surface area contributed by atoms with Gasteiger partial charge >= 0.3 is 5.97 Å². The van der Waals surface area contributed by atoms with Gasteiger partial charge in [-0.15, -0.1) is 11.3 Å². The maximum Gasteiger partial charge on any atom is 0.355 e. The summed E-state index contributed by atoms with van der Waals surface area (Å²) in [7, 11) is 1.56. The molecule has 7 heteroatoms. The van der Waals surface area contributed by atoms with Gasteiger partial charge in [0, 0.05) is 10.9 Å². The number of nitrogens with zero attached hydrogens (tertiary/aromatic N) is 1. The number of thiazole rings is 1. The molecule has 0 amide bonds. The molecular formula is C21H21NO5S. The fourth-order valence-corrected chi connectivity index (χ4v) is 3.54. The molecule has 146 valence electrons. The van der Waals surface area contributed by atoms with Gasteiger partial charge in [-0.25, -0.2) is 9.78 Å². The van der Waals surface area contributed by atoms with E-state index in [1.807, 2.05) is 38.1 Å². The van der Waals surface area contributed by atoms with Crippen LogP contribution in [-0.2, 0) is 0 Å². The maximum absolute atomic E-state index is 11.0. The third kappa shape index (κ3) is 4.43. The van der Waals surface area contributed by atoms with Crippen molar-refractivity contribution in [1.82, 2.24) is 4.98 Å². The van der Waals surface area contributed by atoms with E-state index >= 15 is 0 Å². The van der Waals surface area contributed by atoms with Crippen LogP contribution in [0.3, 0.4) is 0 Å². The van der Waals surface area contributed by atoms with Gasteiger partial charge < -0.3 is 19.3 Å². The van der Waals surface area contributed by atoms with E-state index in [0.29, 0.717) is 29.7 Å². The smallest absolute Gasteiger partial charge is 0.355 e. The number of hydrogen-bond donors (Lipinski definition) is 1. The Hall–Kier alpha value is -3.06. The summed E-state index contributed by atoms with van der Waals surface area (Å²) >= 11 is 1.27. The van der Waals surface area contributed by atoms with Crippen molar-refractivity contribution in [2.24, 2.45) is 0 Å². The van der Waals surface area contributed by atoms with E-state index in [9.17, 15) is 4.79 Å². The molecule has 0 saturated carbocycles. The van der Waals surface area contributed by atoms with Crippen LogP contribution in [-0.4, -0.2) is 36.4 Å². The summed E-state index contributed by atoms with van der Waals surface area (Å²) in [5.41, 5.74) is 2.98. The number of para-hydroxylation sites is 1. The number of ether oxygens (including phenoxy) is 3. The van der Waals surface area contributed by atoms with Gasteiger partial charge in [0.2, 0.25) is 0 Å². The van der Waals surface area contributed by atoms with Crippen LogP contribution in [0.1, 0.15) is 21.6 Å². The van der Waals surface area contributed by atoms with Gasteiger partial charge in [-0.05, 0) is 43.2 Å². The summed E-state index contributed by atoms with van der Waals surface area (Å²) < 4.78 is 17.1. The standard InChI is InChI=1S/C21H21NO5S/c1-13-5-4-6-14(2)19(13)27-10-9-26-17-8-7-15(11-18(17)25-3)20-22-16(12-28-20)21(23)24/h4-8,11-12H,9-10H2,1-3H3,(H,23,24). The van der Waals surface area contributed by atoms with E-state index in [2.05, 4.69) is 4.98 Å². The van der Waals surface area contributed by atoms with Crippen LogP contribution in [0.25, 0.3) is 10.6 Å². The van der Waals surface area contributed by atoms with Crippen molar-refractivity contribution < 1.29 is 24.1 Å². The summed E-state index contributed by atoms with van der Waals surface area (Å²) in [6, 6.07) is 11.4. The molecule has 1 heterocycles. The van der Waals surface area contributed by atoms with Crippen LogP contribution in [0, 0.1) is 13.8 Å². The molecule has 0 aliphatic rings. The minimum Gasteiger partial charge on any atom is -0.493 e. The van der Waals surface area contributed by atoms with Crippen molar-refractivity contribution >= 4 is 17.3 Å².